The summed E-state index contributed by atoms with van der Waals surface area (Å²) >= 11 is 0. The number of hydrogen-bond acceptors (Lipinski definition) is 4. The van der Waals surface area contributed by atoms with Crippen molar-refractivity contribution in [3.05, 3.63) is 18.0 Å². The number of amides is 3. The van der Waals surface area contributed by atoms with Gasteiger partial charge in [-0.15, -0.1) is 0 Å². The van der Waals surface area contributed by atoms with Gasteiger partial charge in [-0.25, -0.2) is 0 Å². The Balaban J connectivity index is 1.24. The Kier molecular flexibility index (Phi) is 5.64. The molecule has 3 amide bonds. The summed E-state index contributed by atoms with van der Waals surface area (Å²) in [5.74, 6) is 1.18. The summed E-state index contributed by atoms with van der Waals surface area (Å²) in [5.41, 5.74) is 0.845. The predicted molar refractivity (Wildman–Crippen MR) is 102 cm³/mol. The number of carbonyl (C=O) groups excluding carboxylic acids is 3. The predicted octanol–water partition coefficient (Wildman–Crippen LogP) is 0.566. The lowest BCUT2D eigenvalue weighted by molar-refractivity contribution is -0.133. The van der Waals surface area contributed by atoms with Crippen LogP contribution in [0.3, 0.4) is 0 Å². The number of aromatic amines is 1. The number of likely N-dealkylation sites (tertiary alicyclic amines) is 2. The molecule has 28 heavy (non-hydrogen) atoms. The summed E-state index contributed by atoms with van der Waals surface area (Å²) in [7, 11) is 0. The Hall–Kier alpha value is -2.38. The SMILES string of the molecule is O=C(NCC(=O)N1CCC(C2CCCN(C(=O)Cc3ccn[nH]3)C2)C1)C1CC1. The summed E-state index contributed by atoms with van der Waals surface area (Å²) in [6, 6.07) is 1.84. The molecule has 3 heterocycles. The van der Waals surface area contributed by atoms with Gasteiger partial charge >= 0.3 is 0 Å². The van der Waals surface area contributed by atoms with Gasteiger partial charge in [0.25, 0.3) is 0 Å². The Morgan fingerprint density at radius 3 is 2.50 bits per heavy atom. The number of nitrogens with one attached hydrogen (secondary N) is 2. The van der Waals surface area contributed by atoms with Crippen molar-refractivity contribution in [1.29, 1.82) is 0 Å². The zero-order valence-electron chi connectivity index (χ0n) is 16.2. The van der Waals surface area contributed by atoms with Crippen molar-refractivity contribution in [3.63, 3.8) is 0 Å². The molecule has 3 fully saturated rings. The van der Waals surface area contributed by atoms with Crippen molar-refractivity contribution in [3.8, 4) is 0 Å². The van der Waals surface area contributed by atoms with Gasteiger partial charge < -0.3 is 15.1 Å². The van der Waals surface area contributed by atoms with Crippen LogP contribution in [0.1, 0.15) is 37.8 Å². The fraction of sp³-hybridized carbons (Fsp3) is 0.700. The molecule has 0 spiro atoms. The maximum absolute atomic E-state index is 12.6. The number of rotatable bonds is 6. The van der Waals surface area contributed by atoms with E-state index in [1.807, 2.05) is 15.9 Å². The highest BCUT2D eigenvalue weighted by Gasteiger charge is 2.36. The smallest absolute Gasteiger partial charge is 0.241 e. The summed E-state index contributed by atoms with van der Waals surface area (Å²) in [6.07, 6.45) is 7.03. The first-order chi connectivity index (χ1) is 13.6. The van der Waals surface area contributed by atoms with E-state index in [1.54, 1.807) is 6.20 Å². The molecule has 8 heteroatoms. The highest BCUT2D eigenvalue weighted by atomic mass is 16.2. The van der Waals surface area contributed by atoms with E-state index < -0.39 is 0 Å². The zero-order chi connectivity index (χ0) is 19.5. The van der Waals surface area contributed by atoms with Gasteiger partial charge in [0.2, 0.25) is 17.7 Å². The molecule has 2 N–H and O–H groups in total. The quantitative estimate of drug-likeness (QED) is 0.745. The molecule has 2 aliphatic heterocycles. The van der Waals surface area contributed by atoms with E-state index in [9.17, 15) is 14.4 Å². The molecule has 0 radical (unpaired) electrons. The van der Waals surface area contributed by atoms with E-state index in [0.717, 1.165) is 64.0 Å². The van der Waals surface area contributed by atoms with Crippen LogP contribution in [0.4, 0.5) is 0 Å². The number of nitrogens with zero attached hydrogens (tertiary/aromatic N) is 3. The second-order valence-electron chi connectivity index (χ2n) is 8.38. The second-order valence-corrected chi connectivity index (χ2v) is 8.38. The third-order valence-electron chi connectivity index (χ3n) is 6.32. The number of H-pyrrole nitrogens is 1. The van der Waals surface area contributed by atoms with Gasteiger partial charge in [0.05, 0.1) is 13.0 Å². The van der Waals surface area contributed by atoms with Gasteiger partial charge in [0, 0.05) is 44.0 Å². The van der Waals surface area contributed by atoms with Crippen LogP contribution in [0.5, 0.6) is 0 Å². The van der Waals surface area contributed by atoms with Crippen molar-refractivity contribution < 1.29 is 14.4 Å². The normalized spacial score (nSPS) is 25.0. The number of carbonyl (C=O) groups is 3. The van der Waals surface area contributed by atoms with Gasteiger partial charge in [-0.3, -0.25) is 19.5 Å². The molecule has 3 aliphatic rings. The molecule has 1 aromatic rings. The zero-order valence-corrected chi connectivity index (χ0v) is 16.2. The fourth-order valence-electron chi connectivity index (χ4n) is 4.44. The van der Waals surface area contributed by atoms with Crippen molar-refractivity contribution >= 4 is 17.7 Å². The third kappa shape index (κ3) is 4.54. The largest absolute Gasteiger partial charge is 0.347 e. The van der Waals surface area contributed by atoms with Crippen molar-refractivity contribution in [2.75, 3.05) is 32.7 Å². The second kappa shape index (κ2) is 8.32. The Morgan fingerprint density at radius 1 is 1.04 bits per heavy atom. The first-order valence-electron chi connectivity index (χ1n) is 10.4. The molecule has 4 rings (SSSR count). The highest BCUT2D eigenvalue weighted by molar-refractivity contribution is 5.87. The lowest BCUT2D eigenvalue weighted by Gasteiger charge is -2.35. The third-order valence-corrected chi connectivity index (χ3v) is 6.32. The van der Waals surface area contributed by atoms with Crippen molar-refractivity contribution in [2.24, 2.45) is 17.8 Å². The minimum Gasteiger partial charge on any atom is -0.347 e. The van der Waals surface area contributed by atoms with Crippen molar-refractivity contribution in [2.45, 2.75) is 38.5 Å². The minimum absolute atomic E-state index is 0.0134. The molecule has 1 aromatic heterocycles. The topological polar surface area (TPSA) is 98.4 Å². The fourth-order valence-corrected chi connectivity index (χ4v) is 4.44. The molecular formula is C20H29N5O3. The monoisotopic (exact) mass is 387 g/mol. The summed E-state index contributed by atoms with van der Waals surface area (Å²) in [4.78, 5) is 40.6. The summed E-state index contributed by atoms with van der Waals surface area (Å²) in [5, 5.41) is 9.52. The summed E-state index contributed by atoms with van der Waals surface area (Å²) in [6.45, 7) is 3.19. The molecule has 152 valence electrons. The van der Waals surface area contributed by atoms with Crippen LogP contribution >= 0.6 is 0 Å². The average molecular weight is 387 g/mol. The molecule has 0 bridgehead atoms. The number of piperidine rings is 1. The Morgan fingerprint density at radius 2 is 1.79 bits per heavy atom. The molecule has 2 unspecified atom stereocenters. The van der Waals surface area contributed by atoms with E-state index in [2.05, 4.69) is 15.5 Å². The van der Waals surface area contributed by atoms with E-state index in [1.165, 1.54) is 0 Å². The van der Waals surface area contributed by atoms with E-state index in [0.29, 0.717) is 18.3 Å². The molecule has 1 aliphatic carbocycles. The highest BCUT2D eigenvalue weighted by Crippen LogP contribution is 2.31. The van der Waals surface area contributed by atoms with Gasteiger partial charge in [0.1, 0.15) is 0 Å². The van der Waals surface area contributed by atoms with Crippen LogP contribution in [0.2, 0.25) is 0 Å². The first-order valence-corrected chi connectivity index (χ1v) is 10.4. The van der Waals surface area contributed by atoms with Crippen LogP contribution in [0.15, 0.2) is 12.3 Å². The Bertz CT molecular complexity index is 715. The van der Waals surface area contributed by atoms with Gasteiger partial charge in [-0.1, -0.05) is 0 Å². The van der Waals surface area contributed by atoms with Gasteiger partial charge in [-0.05, 0) is 50.0 Å². The van der Waals surface area contributed by atoms with E-state index >= 15 is 0 Å². The number of aromatic nitrogens is 2. The average Bonchev–Trinajstić information content (AvgIpc) is 3.22. The van der Waals surface area contributed by atoms with Gasteiger partial charge in [0.15, 0.2) is 0 Å². The van der Waals surface area contributed by atoms with Crippen LogP contribution in [-0.2, 0) is 20.8 Å². The van der Waals surface area contributed by atoms with Crippen LogP contribution in [0.25, 0.3) is 0 Å². The lowest BCUT2D eigenvalue weighted by Crippen LogP contribution is -2.44. The molecule has 2 atom stereocenters. The van der Waals surface area contributed by atoms with Crippen LogP contribution < -0.4 is 5.32 Å². The standard InChI is InChI=1S/C20H29N5O3/c26-18(10-17-5-7-22-23-17)24-8-1-2-15(12-24)16-6-9-25(13-16)19(27)11-21-20(28)14-3-4-14/h5,7,14-16H,1-4,6,8-13H2,(H,21,28)(H,22,23). The maximum Gasteiger partial charge on any atom is 0.241 e. The van der Waals surface area contributed by atoms with Crippen LogP contribution in [0, 0.1) is 17.8 Å². The molecule has 1 saturated carbocycles. The number of hydrogen-bond donors (Lipinski definition) is 2. The lowest BCUT2D eigenvalue weighted by atomic mass is 9.84. The van der Waals surface area contributed by atoms with E-state index in [-0.39, 0.29) is 30.2 Å². The maximum atomic E-state index is 12.6. The van der Waals surface area contributed by atoms with Crippen molar-refractivity contribution in [1.82, 2.24) is 25.3 Å². The van der Waals surface area contributed by atoms with Gasteiger partial charge in [-0.2, -0.15) is 5.10 Å². The van der Waals surface area contributed by atoms with Crippen LogP contribution in [-0.4, -0.2) is 70.4 Å². The Labute approximate surface area is 165 Å². The summed E-state index contributed by atoms with van der Waals surface area (Å²) < 4.78 is 0. The molecule has 2 saturated heterocycles. The molecule has 0 aromatic carbocycles. The minimum atomic E-state index is 0.0134. The first kappa shape index (κ1) is 19.0. The molecule has 8 nitrogen and oxygen atoms in total. The molecular weight excluding hydrogens is 358 g/mol. The van der Waals surface area contributed by atoms with E-state index in [4.69, 9.17) is 0 Å².